The van der Waals surface area contributed by atoms with Crippen molar-refractivity contribution in [2.45, 2.75) is 18.7 Å². The maximum Gasteiger partial charge on any atom is 0.339 e. The molecule has 0 aliphatic carbocycles. The normalized spacial score (nSPS) is 11.1. The van der Waals surface area contributed by atoms with Crippen LogP contribution in [-0.2, 0) is 10.0 Å². The monoisotopic (exact) mass is 349 g/mol. The first-order chi connectivity index (χ1) is 11.3. The van der Waals surface area contributed by atoms with Crippen molar-refractivity contribution in [1.29, 1.82) is 0 Å². The van der Waals surface area contributed by atoms with Gasteiger partial charge in [0.2, 0.25) is 0 Å². The minimum Gasteiger partial charge on any atom is -0.493 e. The van der Waals surface area contributed by atoms with Crippen LogP contribution < -0.4 is 9.04 Å². The molecule has 0 radical (unpaired) electrons. The number of hydrogen-bond donors (Lipinski definition) is 1. The third-order valence-electron chi connectivity index (χ3n) is 3.50. The Hall–Kier alpha value is -2.54. The highest BCUT2D eigenvalue weighted by Gasteiger charge is 2.24. The van der Waals surface area contributed by atoms with E-state index in [9.17, 15) is 18.3 Å². The van der Waals surface area contributed by atoms with Gasteiger partial charge < -0.3 is 9.84 Å². The average molecular weight is 349 g/mol. The molecule has 0 aromatic heterocycles. The number of benzene rings is 2. The summed E-state index contributed by atoms with van der Waals surface area (Å²) in [5.74, 6) is -1.10. The van der Waals surface area contributed by atoms with E-state index in [-0.39, 0.29) is 22.8 Å². The SMILES string of the molecule is CCOc1ccc(S(=O)(=O)N(C)c2cccc(C)c2)cc1C(=O)O. The van der Waals surface area contributed by atoms with Crippen LogP contribution in [0, 0.1) is 6.92 Å². The van der Waals surface area contributed by atoms with Gasteiger partial charge in [0.05, 0.1) is 17.2 Å². The van der Waals surface area contributed by atoms with Crippen LogP contribution in [0.4, 0.5) is 5.69 Å². The Morgan fingerprint density at radius 1 is 1.21 bits per heavy atom. The summed E-state index contributed by atoms with van der Waals surface area (Å²) >= 11 is 0. The standard InChI is InChI=1S/C17H19NO5S/c1-4-23-16-9-8-14(11-15(16)17(19)20)24(21,22)18(3)13-7-5-6-12(2)10-13/h5-11H,4H2,1-3H3,(H,19,20). The van der Waals surface area contributed by atoms with Crippen molar-refractivity contribution in [2.75, 3.05) is 18.0 Å². The van der Waals surface area contributed by atoms with E-state index in [1.165, 1.54) is 19.2 Å². The Balaban J connectivity index is 2.49. The molecule has 2 aromatic carbocycles. The molecule has 0 spiro atoms. The number of anilines is 1. The third-order valence-corrected chi connectivity index (χ3v) is 5.29. The van der Waals surface area contributed by atoms with Gasteiger partial charge >= 0.3 is 5.97 Å². The van der Waals surface area contributed by atoms with Crippen LogP contribution in [-0.4, -0.2) is 33.1 Å². The van der Waals surface area contributed by atoms with Gasteiger partial charge in [-0.05, 0) is 49.7 Å². The highest BCUT2D eigenvalue weighted by molar-refractivity contribution is 7.92. The second kappa shape index (κ2) is 6.92. The number of aryl methyl sites for hydroxylation is 1. The van der Waals surface area contributed by atoms with Crippen molar-refractivity contribution in [2.24, 2.45) is 0 Å². The Morgan fingerprint density at radius 3 is 2.50 bits per heavy atom. The maximum atomic E-state index is 12.8. The lowest BCUT2D eigenvalue weighted by atomic mass is 10.2. The molecule has 0 amide bonds. The number of rotatable bonds is 6. The van der Waals surface area contributed by atoms with Crippen molar-refractivity contribution in [1.82, 2.24) is 0 Å². The summed E-state index contributed by atoms with van der Waals surface area (Å²) in [6.45, 7) is 3.88. The van der Waals surface area contributed by atoms with Gasteiger partial charge in [-0.2, -0.15) is 0 Å². The lowest BCUT2D eigenvalue weighted by Crippen LogP contribution is -2.26. The summed E-state index contributed by atoms with van der Waals surface area (Å²) in [4.78, 5) is 11.3. The summed E-state index contributed by atoms with van der Waals surface area (Å²) in [6, 6.07) is 10.9. The van der Waals surface area contributed by atoms with Gasteiger partial charge in [-0.1, -0.05) is 12.1 Å². The average Bonchev–Trinajstić information content (AvgIpc) is 2.54. The van der Waals surface area contributed by atoms with E-state index in [4.69, 9.17) is 4.74 Å². The van der Waals surface area contributed by atoms with Gasteiger partial charge in [0, 0.05) is 7.05 Å². The molecule has 0 aliphatic heterocycles. The first-order valence-electron chi connectivity index (χ1n) is 7.33. The van der Waals surface area contributed by atoms with Crippen LogP contribution in [0.5, 0.6) is 5.75 Å². The molecule has 6 nitrogen and oxygen atoms in total. The minimum absolute atomic E-state index is 0.104. The van der Waals surface area contributed by atoms with Gasteiger partial charge in [-0.25, -0.2) is 13.2 Å². The molecule has 0 fully saturated rings. The smallest absolute Gasteiger partial charge is 0.339 e. The minimum atomic E-state index is -3.88. The predicted molar refractivity (Wildman–Crippen MR) is 91.3 cm³/mol. The van der Waals surface area contributed by atoms with E-state index in [0.717, 1.165) is 15.9 Å². The summed E-state index contributed by atoms with van der Waals surface area (Å²) in [6.07, 6.45) is 0. The Bertz CT molecular complexity index is 861. The number of nitrogens with zero attached hydrogens (tertiary/aromatic N) is 1. The van der Waals surface area contributed by atoms with Crippen LogP contribution >= 0.6 is 0 Å². The van der Waals surface area contributed by atoms with Crippen molar-refractivity contribution in [3.05, 3.63) is 53.6 Å². The molecular weight excluding hydrogens is 330 g/mol. The number of hydrogen-bond acceptors (Lipinski definition) is 4. The first kappa shape index (κ1) is 17.8. The summed E-state index contributed by atoms with van der Waals surface area (Å²) < 4.78 is 31.9. The highest BCUT2D eigenvalue weighted by Crippen LogP contribution is 2.27. The van der Waals surface area contributed by atoms with Gasteiger partial charge in [-0.15, -0.1) is 0 Å². The van der Waals surface area contributed by atoms with Gasteiger partial charge in [-0.3, -0.25) is 4.31 Å². The molecule has 128 valence electrons. The van der Waals surface area contributed by atoms with Gasteiger partial charge in [0.15, 0.2) is 0 Å². The van der Waals surface area contributed by atoms with Crippen LogP contribution in [0.25, 0.3) is 0 Å². The number of ether oxygens (including phenoxy) is 1. The quantitative estimate of drug-likeness (QED) is 0.867. The molecule has 0 saturated carbocycles. The number of sulfonamides is 1. The largest absolute Gasteiger partial charge is 0.493 e. The molecule has 0 atom stereocenters. The number of carboxylic acid groups (broad SMARTS) is 1. The Kier molecular flexibility index (Phi) is 5.14. The zero-order valence-corrected chi connectivity index (χ0v) is 14.5. The molecule has 1 N–H and O–H groups in total. The molecule has 2 aromatic rings. The van der Waals surface area contributed by atoms with Crippen molar-refractivity contribution >= 4 is 21.7 Å². The lowest BCUT2D eigenvalue weighted by molar-refractivity contribution is 0.0692. The predicted octanol–water partition coefficient (Wildman–Crippen LogP) is 2.92. The molecule has 7 heteroatoms. The second-order valence-electron chi connectivity index (χ2n) is 5.21. The van der Waals surface area contributed by atoms with Crippen LogP contribution in [0.3, 0.4) is 0 Å². The Morgan fingerprint density at radius 2 is 1.92 bits per heavy atom. The van der Waals surface area contributed by atoms with Crippen LogP contribution in [0.2, 0.25) is 0 Å². The summed E-state index contributed by atoms with van der Waals surface area (Å²) in [7, 11) is -2.45. The maximum absolute atomic E-state index is 12.8. The van der Waals surface area contributed by atoms with E-state index in [1.54, 1.807) is 25.1 Å². The highest BCUT2D eigenvalue weighted by atomic mass is 32.2. The van der Waals surface area contributed by atoms with E-state index in [1.807, 2.05) is 13.0 Å². The van der Waals surface area contributed by atoms with E-state index >= 15 is 0 Å². The molecule has 0 unspecified atom stereocenters. The molecule has 2 rings (SSSR count). The van der Waals surface area contributed by atoms with Gasteiger partial charge in [0.1, 0.15) is 11.3 Å². The molecular formula is C17H19NO5S. The fraction of sp³-hybridized carbons (Fsp3) is 0.235. The molecule has 0 bridgehead atoms. The lowest BCUT2D eigenvalue weighted by Gasteiger charge is -2.20. The summed E-state index contributed by atoms with van der Waals surface area (Å²) in [5, 5.41) is 9.29. The zero-order chi connectivity index (χ0) is 17.9. The summed E-state index contributed by atoms with van der Waals surface area (Å²) in [5.41, 5.74) is 1.24. The molecule has 0 saturated heterocycles. The third kappa shape index (κ3) is 3.51. The fourth-order valence-corrected chi connectivity index (χ4v) is 3.45. The molecule has 24 heavy (non-hydrogen) atoms. The second-order valence-corrected chi connectivity index (χ2v) is 7.18. The zero-order valence-electron chi connectivity index (χ0n) is 13.7. The van der Waals surface area contributed by atoms with Crippen molar-refractivity contribution in [3.8, 4) is 5.75 Å². The fourth-order valence-electron chi connectivity index (χ4n) is 2.24. The Labute approximate surface area is 141 Å². The first-order valence-corrected chi connectivity index (χ1v) is 8.77. The number of carbonyl (C=O) groups is 1. The van der Waals surface area contributed by atoms with Crippen molar-refractivity contribution in [3.63, 3.8) is 0 Å². The van der Waals surface area contributed by atoms with Crippen LogP contribution in [0.1, 0.15) is 22.8 Å². The van der Waals surface area contributed by atoms with E-state index in [0.29, 0.717) is 5.69 Å². The van der Waals surface area contributed by atoms with E-state index in [2.05, 4.69) is 0 Å². The topological polar surface area (TPSA) is 83.9 Å². The van der Waals surface area contributed by atoms with Gasteiger partial charge in [0.25, 0.3) is 10.0 Å². The van der Waals surface area contributed by atoms with Crippen molar-refractivity contribution < 1.29 is 23.1 Å². The number of carboxylic acids is 1. The van der Waals surface area contributed by atoms with E-state index < -0.39 is 16.0 Å². The molecule has 0 aliphatic rings. The number of aromatic carboxylic acids is 1. The van der Waals surface area contributed by atoms with Crippen LogP contribution in [0.15, 0.2) is 47.4 Å². The molecule has 0 heterocycles.